The first-order valence-electron chi connectivity index (χ1n) is 10.6. The molecule has 0 aliphatic rings. The minimum Gasteiger partial charge on any atom is -0.468 e. The molecule has 1 rings (SSSR count). The predicted molar refractivity (Wildman–Crippen MR) is 121 cm³/mol. The second kappa shape index (κ2) is 12.2. The molecule has 0 spiro atoms. The SMILES string of the molecule is COC(=O)CNC(=O)C(c1ccc(C)cc1C)N(CCO)C(=O)C(C)NC(=O)OC(C)(C)C. The van der Waals surface area contributed by atoms with Crippen LogP contribution in [0.4, 0.5) is 4.79 Å². The average Bonchev–Trinajstić information content (AvgIpc) is 2.70. The van der Waals surface area contributed by atoms with Crippen molar-refractivity contribution >= 4 is 23.9 Å². The number of carbonyl (C=O) groups is 4. The number of methoxy groups -OCH3 is 1. The van der Waals surface area contributed by atoms with Gasteiger partial charge in [-0.25, -0.2) is 4.79 Å². The number of hydrogen-bond acceptors (Lipinski definition) is 7. The number of alkyl carbamates (subject to hydrolysis) is 1. The molecule has 0 aliphatic carbocycles. The summed E-state index contributed by atoms with van der Waals surface area (Å²) in [7, 11) is 1.20. The molecule has 2 atom stereocenters. The van der Waals surface area contributed by atoms with Crippen molar-refractivity contribution in [1.29, 1.82) is 0 Å². The molecule has 0 radical (unpaired) electrons. The lowest BCUT2D eigenvalue weighted by Gasteiger charge is -2.34. The highest BCUT2D eigenvalue weighted by Gasteiger charge is 2.35. The highest BCUT2D eigenvalue weighted by molar-refractivity contribution is 5.93. The van der Waals surface area contributed by atoms with Gasteiger partial charge in [-0.15, -0.1) is 0 Å². The van der Waals surface area contributed by atoms with E-state index >= 15 is 0 Å². The Morgan fingerprint density at radius 3 is 2.30 bits per heavy atom. The van der Waals surface area contributed by atoms with E-state index in [1.807, 2.05) is 13.0 Å². The van der Waals surface area contributed by atoms with Gasteiger partial charge in [0.05, 0.1) is 13.7 Å². The van der Waals surface area contributed by atoms with Gasteiger partial charge in [-0.2, -0.15) is 0 Å². The Bertz CT molecular complexity index is 864. The van der Waals surface area contributed by atoms with E-state index in [9.17, 15) is 24.3 Å². The number of carbonyl (C=O) groups excluding carboxylic acids is 4. The van der Waals surface area contributed by atoms with Gasteiger partial charge in [0.15, 0.2) is 0 Å². The molecule has 184 valence electrons. The maximum Gasteiger partial charge on any atom is 0.408 e. The van der Waals surface area contributed by atoms with E-state index in [1.165, 1.54) is 18.9 Å². The van der Waals surface area contributed by atoms with E-state index in [2.05, 4.69) is 15.4 Å². The van der Waals surface area contributed by atoms with Crippen molar-refractivity contribution in [2.24, 2.45) is 0 Å². The van der Waals surface area contributed by atoms with Crippen molar-refractivity contribution in [3.8, 4) is 0 Å². The van der Waals surface area contributed by atoms with Gasteiger partial charge in [0.2, 0.25) is 11.8 Å². The Kier molecular flexibility index (Phi) is 10.3. The summed E-state index contributed by atoms with van der Waals surface area (Å²) in [5.41, 5.74) is 1.48. The standard InChI is InChI=1S/C23H35N3O7/c1-14-8-9-17(15(2)12-14)19(20(29)24-13-18(28)32-7)26(10-11-27)21(30)16(3)25-22(31)33-23(4,5)6/h8-9,12,16,19,27H,10-11,13H2,1-7H3,(H,24,29)(H,25,31). The molecule has 10 heteroatoms. The molecule has 1 aromatic carbocycles. The number of hydrogen-bond donors (Lipinski definition) is 3. The first-order valence-corrected chi connectivity index (χ1v) is 10.6. The number of aliphatic hydroxyl groups is 1. The molecule has 0 aromatic heterocycles. The van der Waals surface area contributed by atoms with Crippen molar-refractivity contribution in [3.63, 3.8) is 0 Å². The largest absolute Gasteiger partial charge is 0.468 e. The van der Waals surface area contributed by atoms with E-state index < -0.39 is 48.2 Å². The molecule has 0 aliphatic heterocycles. The van der Waals surface area contributed by atoms with Gasteiger partial charge in [-0.05, 0) is 52.7 Å². The zero-order chi connectivity index (χ0) is 25.3. The number of rotatable bonds is 9. The molecule has 2 unspecified atom stereocenters. The third kappa shape index (κ3) is 8.72. The molecular weight excluding hydrogens is 430 g/mol. The smallest absolute Gasteiger partial charge is 0.408 e. The Hall–Kier alpha value is -3.14. The molecule has 3 amide bonds. The zero-order valence-corrected chi connectivity index (χ0v) is 20.4. The van der Waals surface area contributed by atoms with Gasteiger partial charge >= 0.3 is 12.1 Å². The highest BCUT2D eigenvalue weighted by Crippen LogP contribution is 2.26. The molecule has 10 nitrogen and oxygen atoms in total. The Labute approximate surface area is 194 Å². The van der Waals surface area contributed by atoms with Crippen molar-refractivity contribution in [3.05, 3.63) is 34.9 Å². The fourth-order valence-corrected chi connectivity index (χ4v) is 3.18. The molecule has 3 N–H and O–H groups in total. The predicted octanol–water partition coefficient (Wildman–Crippen LogP) is 1.37. The van der Waals surface area contributed by atoms with Crippen LogP contribution in [0.1, 0.15) is 50.4 Å². The quantitative estimate of drug-likeness (QED) is 0.469. The van der Waals surface area contributed by atoms with Gasteiger partial charge in [0.1, 0.15) is 24.2 Å². The topological polar surface area (TPSA) is 134 Å². The summed E-state index contributed by atoms with van der Waals surface area (Å²) in [5, 5.41) is 14.6. The van der Waals surface area contributed by atoms with Gasteiger partial charge in [0, 0.05) is 6.54 Å². The summed E-state index contributed by atoms with van der Waals surface area (Å²) in [4.78, 5) is 51.3. The number of benzene rings is 1. The van der Waals surface area contributed by atoms with Crippen molar-refractivity contribution in [1.82, 2.24) is 15.5 Å². The van der Waals surface area contributed by atoms with E-state index in [0.717, 1.165) is 11.1 Å². The number of aryl methyl sites for hydroxylation is 2. The first-order chi connectivity index (χ1) is 15.3. The Balaban J connectivity index is 3.30. The third-order valence-electron chi connectivity index (χ3n) is 4.64. The number of nitrogens with one attached hydrogen (secondary N) is 2. The van der Waals surface area contributed by atoms with Crippen LogP contribution < -0.4 is 10.6 Å². The first kappa shape index (κ1) is 27.9. The van der Waals surface area contributed by atoms with E-state index in [0.29, 0.717) is 5.56 Å². The van der Waals surface area contributed by atoms with E-state index in [-0.39, 0.29) is 13.1 Å². The highest BCUT2D eigenvalue weighted by atomic mass is 16.6. The van der Waals surface area contributed by atoms with Crippen LogP contribution in [0, 0.1) is 13.8 Å². The van der Waals surface area contributed by atoms with E-state index in [4.69, 9.17) is 4.74 Å². The number of amides is 3. The number of aliphatic hydroxyl groups excluding tert-OH is 1. The molecule has 0 fully saturated rings. The Morgan fingerprint density at radius 1 is 1.15 bits per heavy atom. The van der Waals surface area contributed by atoms with Gasteiger partial charge in [-0.3, -0.25) is 14.4 Å². The number of esters is 1. The molecule has 1 aromatic rings. The van der Waals surface area contributed by atoms with E-state index in [1.54, 1.807) is 39.8 Å². The van der Waals surface area contributed by atoms with Gasteiger partial charge in [0.25, 0.3) is 0 Å². The molecule has 33 heavy (non-hydrogen) atoms. The van der Waals surface area contributed by atoms with Crippen LogP contribution in [-0.4, -0.2) is 72.3 Å². The van der Waals surface area contributed by atoms with Crippen LogP contribution in [0.15, 0.2) is 18.2 Å². The fraction of sp³-hybridized carbons (Fsp3) is 0.565. The van der Waals surface area contributed by atoms with Crippen molar-refractivity contribution in [2.45, 2.75) is 59.2 Å². The summed E-state index contributed by atoms with van der Waals surface area (Å²) in [6.07, 6.45) is -0.787. The van der Waals surface area contributed by atoms with Gasteiger partial charge in [-0.1, -0.05) is 23.8 Å². The second-order valence-corrected chi connectivity index (χ2v) is 8.68. The van der Waals surface area contributed by atoms with Crippen LogP contribution in [0.5, 0.6) is 0 Å². The van der Waals surface area contributed by atoms with Crippen LogP contribution in [0.2, 0.25) is 0 Å². The molecule has 0 saturated carbocycles. The number of nitrogens with zero attached hydrogens (tertiary/aromatic N) is 1. The molecule has 0 saturated heterocycles. The lowest BCUT2D eigenvalue weighted by Crippen LogP contribution is -2.53. The summed E-state index contributed by atoms with van der Waals surface area (Å²) in [5.74, 6) is -1.88. The molecular formula is C23H35N3O7. The minimum absolute atomic E-state index is 0.178. The van der Waals surface area contributed by atoms with Crippen LogP contribution in [-0.2, 0) is 23.9 Å². The summed E-state index contributed by atoms with van der Waals surface area (Å²) in [6, 6.07) is 3.18. The molecule has 0 bridgehead atoms. The maximum absolute atomic E-state index is 13.3. The lowest BCUT2D eigenvalue weighted by molar-refractivity contribution is -0.145. The summed E-state index contributed by atoms with van der Waals surface area (Å²) < 4.78 is 9.77. The summed E-state index contributed by atoms with van der Waals surface area (Å²) in [6.45, 7) is 9.25. The van der Waals surface area contributed by atoms with Crippen molar-refractivity contribution in [2.75, 3.05) is 26.8 Å². The van der Waals surface area contributed by atoms with Crippen LogP contribution in [0.25, 0.3) is 0 Å². The summed E-state index contributed by atoms with van der Waals surface area (Å²) >= 11 is 0. The lowest BCUT2D eigenvalue weighted by atomic mass is 9.96. The second-order valence-electron chi connectivity index (χ2n) is 8.68. The monoisotopic (exact) mass is 465 g/mol. The molecule has 0 heterocycles. The van der Waals surface area contributed by atoms with Gasteiger partial charge < -0.3 is 30.1 Å². The average molecular weight is 466 g/mol. The fourth-order valence-electron chi connectivity index (χ4n) is 3.18. The maximum atomic E-state index is 13.3. The number of ether oxygens (including phenoxy) is 2. The normalized spacial score (nSPS) is 12.8. The minimum atomic E-state index is -1.15. The van der Waals surface area contributed by atoms with Crippen LogP contribution in [0.3, 0.4) is 0 Å². The van der Waals surface area contributed by atoms with Crippen molar-refractivity contribution < 1.29 is 33.8 Å². The zero-order valence-electron chi connectivity index (χ0n) is 20.4. The Morgan fingerprint density at radius 2 is 1.79 bits per heavy atom. The third-order valence-corrected chi connectivity index (χ3v) is 4.64. The van der Waals surface area contributed by atoms with Crippen LogP contribution >= 0.6 is 0 Å².